The first-order valence-corrected chi connectivity index (χ1v) is 14.0. The average Bonchev–Trinajstić information content (AvgIpc) is 2.95. The van der Waals surface area contributed by atoms with Crippen molar-refractivity contribution in [1.82, 2.24) is 0 Å². The Hall–Kier alpha value is -3.54. The first kappa shape index (κ1) is 28.0. The molecule has 0 aliphatic heterocycles. The molecule has 6 heteroatoms. The summed E-state index contributed by atoms with van der Waals surface area (Å²) < 4.78 is 35.4. The molecule has 0 amide bonds. The molecular weight excluding hydrogens is 504 g/mol. The lowest BCUT2D eigenvalue weighted by Gasteiger charge is -2.58. The maximum Gasteiger partial charge on any atom is 0.161 e. The van der Waals surface area contributed by atoms with Crippen molar-refractivity contribution >= 4 is 0 Å². The van der Waals surface area contributed by atoms with Crippen molar-refractivity contribution in [2.24, 2.45) is 11.8 Å². The van der Waals surface area contributed by atoms with Gasteiger partial charge < -0.3 is 28.4 Å². The van der Waals surface area contributed by atoms with Gasteiger partial charge in [-0.15, -0.1) is 0 Å². The van der Waals surface area contributed by atoms with Gasteiger partial charge in [-0.05, 0) is 94.5 Å². The minimum Gasteiger partial charge on any atom is -0.493 e. The molecule has 0 saturated heterocycles. The third-order valence-corrected chi connectivity index (χ3v) is 8.76. The molecule has 0 spiro atoms. The van der Waals surface area contributed by atoms with E-state index in [2.05, 4.69) is 64.1 Å². The number of hydrogen-bond acceptors (Lipinski definition) is 6. The zero-order valence-corrected chi connectivity index (χ0v) is 25.5. The second-order valence-corrected chi connectivity index (χ2v) is 11.8. The summed E-state index contributed by atoms with van der Waals surface area (Å²) in [4.78, 5) is 0. The van der Waals surface area contributed by atoms with Crippen LogP contribution in [-0.4, -0.2) is 42.7 Å². The lowest BCUT2D eigenvalue weighted by Crippen LogP contribution is -2.52. The van der Waals surface area contributed by atoms with Crippen LogP contribution < -0.4 is 28.4 Å². The zero-order valence-electron chi connectivity index (χ0n) is 25.5. The van der Waals surface area contributed by atoms with Gasteiger partial charge >= 0.3 is 0 Å². The van der Waals surface area contributed by atoms with Crippen molar-refractivity contribution in [2.45, 2.75) is 51.4 Å². The molecule has 0 radical (unpaired) electrons. The Morgan fingerprint density at radius 2 is 0.575 bits per heavy atom. The third-order valence-electron chi connectivity index (χ3n) is 8.76. The minimum atomic E-state index is -0.494. The second kappa shape index (κ2) is 10.1. The molecule has 3 aliphatic carbocycles. The Morgan fingerprint density at radius 3 is 0.700 bits per heavy atom. The molecule has 3 aromatic rings. The van der Waals surface area contributed by atoms with Crippen LogP contribution in [0.1, 0.15) is 73.9 Å². The molecule has 2 bridgehead atoms. The van der Waals surface area contributed by atoms with Crippen LogP contribution in [0.25, 0.3) is 0 Å². The number of methoxy groups -OCH3 is 6. The zero-order chi connectivity index (χ0) is 29.0. The smallest absolute Gasteiger partial charge is 0.161 e. The van der Waals surface area contributed by atoms with Gasteiger partial charge in [0.05, 0.1) is 42.7 Å². The van der Waals surface area contributed by atoms with Crippen molar-refractivity contribution in [2.75, 3.05) is 42.7 Å². The summed E-state index contributed by atoms with van der Waals surface area (Å²) in [6, 6.07) is 13.2. The monoisotopic (exact) mass is 546 g/mol. The van der Waals surface area contributed by atoms with Gasteiger partial charge in [0.25, 0.3) is 0 Å². The molecule has 3 aliphatic rings. The van der Waals surface area contributed by atoms with Crippen LogP contribution in [0, 0.1) is 11.8 Å². The van der Waals surface area contributed by atoms with E-state index in [0.717, 1.165) is 47.3 Å². The largest absolute Gasteiger partial charge is 0.493 e. The Balaban J connectivity index is 2.07. The van der Waals surface area contributed by atoms with E-state index in [9.17, 15) is 0 Å². The molecule has 3 aromatic carbocycles. The molecule has 0 saturated carbocycles. The standard InChI is InChI=1S/C34H42O6/c1-19(2)17-33-21-11-27(35-5)30(38-8)14-24(21)34(18-20(3)4,25-15-31(39-9)28(36-6)12-22(25)33)26-16-32(40-10)29(37-7)13-23(26)33/h11-16,19-20H,17-18H2,1-10H3. The predicted octanol–water partition coefficient (Wildman–Crippen LogP) is 7.13. The normalized spacial score (nSPS) is 20.1. The molecule has 214 valence electrons. The highest BCUT2D eigenvalue weighted by Crippen LogP contribution is 2.68. The Labute approximate surface area is 238 Å². The molecule has 0 aromatic heterocycles. The summed E-state index contributed by atoms with van der Waals surface area (Å²) in [5, 5.41) is 0. The highest BCUT2D eigenvalue weighted by molar-refractivity contribution is 5.80. The molecule has 0 atom stereocenters. The van der Waals surface area contributed by atoms with Gasteiger partial charge in [0.2, 0.25) is 0 Å². The minimum absolute atomic E-state index is 0.374. The van der Waals surface area contributed by atoms with Crippen LogP contribution in [0.5, 0.6) is 34.5 Å². The van der Waals surface area contributed by atoms with E-state index in [4.69, 9.17) is 28.4 Å². The van der Waals surface area contributed by atoms with E-state index in [1.807, 2.05) is 0 Å². The fraction of sp³-hybridized carbons (Fsp3) is 0.471. The van der Waals surface area contributed by atoms with E-state index in [1.54, 1.807) is 42.7 Å². The Bertz CT molecular complexity index is 1170. The quantitative estimate of drug-likeness (QED) is 0.270. The van der Waals surface area contributed by atoms with E-state index < -0.39 is 10.8 Å². The summed E-state index contributed by atoms with van der Waals surface area (Å²) in [6.07, 6.45) is 1.75. The average molecular weight is 547 g/mol. The van der Waals surface area contributed by atoms with E-state index in [0.29, 0.717) is 11.8 Å². The van der Waals surface area contributed by atoms with Crippen molar-refractivity contribution in [3.8, 4) is 34.5 Å². The van der Waals surface area contributed by atoms with Crippen LogP contribution in [-0.2, 0) is 10.8 Å². The highest BCUT2D eigenvalue weighted by atomic mass is 16.5. The number of ether oxygens (including phenoxy) is 6. The molecule has 0 fully saturated rings. The Morgan fingerprint density at radius 1 is 0.400 bits per heavy atom. The SMILES string of the molecule is COc1cc2c(cc1OC)C1(CC(C)C)c3cc(OC)c(OC)cc3C2(CC(C)C)c2cc(OC)c(OC)cc21. The first-order valence-electron chi connectivity index (χ1n) is 14.0. The van der Waals surface area contributed by atoms with E-state index in [1.165, 1.54) is 33.4 Å². The van der Waals surface area contributed by atoms with Crippen LogP contribution in [0.3, 0.4) is 0 Å². The van der Waals surface area contributed by atoms with Gasteiger partial charge in [-0.2, -0.15) is 0 Å². The van der Waals surface area contributed by atoms with Gasteiger partial charge in [-0.25, -0.2) is 0 Å². The lowest BCUT2D eigenvalue weighted by molar-refractivity contribution is 0.321. The second-order valence-electron chi connectivity index (χ2n) is 11.8. The molecule has 6 nitrogen and oxygen atoms in total. The predicted molar refractivity (Wildman–Crippen MR) is 157 cm³/mol. The first-order chi connectivity index (χ1) is 19.2. The van der Waals surface area contributed by atoms with Gasteiger partial charge in [-0.3, -0.25) is 0 Å². The van der Waals surface area contributed by atoms with Gasteiger partial charge in [0, 0.05) is 10.8 Å². The summed E-state index contributed by atoms with van der Waals surface area (Å²) >= 11 is 0. The molecular formula is C34H42O6. The third kappa shape index (κ3) is 3.68. The Kier molecular flexibility index (Phi) is 7.10. The maximum absolute atomic E-state index is 5.90. The van der Waals surface area contributed by atoms with Crippen molar-refractivity contribution in [3.05, 3.63) is 69.8 Å². The fourth-order valence-corrected chi connectivity index (χ4v) is 7.51. The molecule has 0 heterocycles. The maximum atomic E-state index is 5.90. The molecule has 0 unspecified atom stereocenters. The lowest BCUT2D eigenvalue weighted by atomic mass is 9.44. The van der Waals surface area contributed by atoms with Gasteiger partial charge in [0.1, 0.15) is 0 Å². The van der Waals surface area contributed by atoms with Gasteiger partial charge in [-0.1, -0.05) is 27.7 Å². The van der Waals surface area contributed by atoms with Crippen molar-refractivity contribution < 1.29 is 28.4 Å². The molecule has 0 N–H and O–H groups in total. The summed E-state index contributed by atoms with van der Waals surface area (Å²) in [5.41, 5.74) is 6.42. The van der Waals surface area contributed by atoms with Crippen molar-refractivity contribution in [1.29, 1.82) is 0 Å². The molecule has 6 rings (SSSR count). The van der Waals surface area contributed by atoms with E-state index >= 15 is 0 Å². The van der Waals surface area contributed by atoms with Gasteiger partial charge in [0.15, 0.2) is 34.5 Å². The summed E-state index contributed by atoms with van der Waals surface area (Å²) in [5.74, 6) is 5.08. The van der Waals surface area contributed by atoms with Crippen LogP contribution >= 0.6 is 0 Å². The topological polar surface area (TPSA) is 55.4 Å². The number of rotatable bonds is 10. The van der Waals surface area contributed by atoms with Crippen molar-refractivity contribution in [3.63, 3.8) is 0 Å². The van der Waals surface area contributed by atoms with Crippen LogP contribution in [0.4, 0.5) is 0 Å². The molecule has 40 heavy (non-hydrogen) atoms. The van der Waals surface area contributed by atoms with Crippen LogP contribution in [0.15, 0.2) is 36.4 Å². The number of hydrogen-bond donors (Lipinski definition) is 0. The summed E-state index contributed by atoms with van der Waals surface area (Å²) in [7, 11) is 10.2. The fourth-order valence-electron chi connectivity index (χ4n) is 7.51. The highest BCUT2D eigenvalue weighted by Gasteiger charge is 2.60. The van der Waals surface area contributed by atoms with Crippen LogP contribution in [0.2, 0.25) is 0 Å². The number of benzene rings is 3. The van der Waals surface area contributed by atoms with E-state index in [-0.39, 0.29) is 0 Å². The summed E-state index contributed by atoms with van der Waals surface area (Å²) in [6.45, 7) is 9.11.